The van der Waals surface area contributed by atoms with Crippen molar-refractivity contribution in [3.8, 4) is 5.75 Å². The molecule has 0 radical (unpaired) electrons. The number of likely N-dealkylation sites (tertiary alicyclic amines) is 1. The van der Waals surface area contributed by atoms with E-state index in [0.29, 0.717) is 24.8 Å². The number of benzene rings is 2. The third-order valence-electron chi connectivity index (χ3n) is 8.87. The molecule has 2 bridgehead atoms. The van der Waals surface area contributed by atoms with Crippen LogP contribution in [0.15, 0.2) is 42.5 Å². The summed E-state index contributed by atoms with van der Waals surface area (Å²) in [5.41, 5.74) is 4.24. The SMILES string of the molecule is CC(C)(C)OC(=O)N1Cc2ccccc2CC1C(=O)NC1C2CCC1CN(CCc1ccc3c(c1)OCC3)C2. The predicted octanol–water partition coefficient (Wildman–Crippen LogP) is 4.35. The van der Waals surface area contributed by atoms with E-state index in [1.807, 2.05) is 39.0 Å². The Labute approximate surface area is 231 Å². The van der Waals surface area contributed by atoms with Crippen molar-refractivity contribution in [2.75, 3.05) is 26.2 Å². The van der Waals surface area contributed by atoms with Crippen LogP contribution < -0.4 is 10.1 Å². The number of carbonyl (C=O) groups is 2. The summed E-state index contributed by atoms with van der Waals surface area (Å²) < 4.78 is 11.5. The highest BCUT2D eigenvalue weighted by Gasteiger charge is 2.45. The molecular formula is C32H41N3O4. The van der Waals surface area contributed by atoms with Gasteiger partial charge in [-0.3, -0.25) is 9.69 Å². The highest BCUT2D eigenvalue weighted by molar-refractivity contribution is 5.87. The van der Waals surface area contributed by atoms with Crippen molar-refractivity contribution < 1.29 is 19.1 Å². The predicted molar refractivity (Wildman–Crippen MR) is 150 cm³/mol. The molecule has 3 aliphatic heterocycles. The van der Waals surface area contributed by atoms with Crippen LogP contribution in [0.2, 0.25) is 0 Å². The lowest BCUT2D eigenvalue weighted by molar-refractivity contribution is -0.128. The molecule has 1 N–H and O–H groups in total. The Morgan fingerprint density at radius 3 is 2.51 bits per heavy atom. The zero-order valence-corrected chi connectivity index (χ0v) is 23.4. The Bertz CT molecular complexity index is 1220. The number of nitrogens with zero attached hydrogens (tertiary/aromatic N) is 2. The fraction of sp³-hybridized carbons (Fsp3) is 0.562. The average molecular weight is 532 g/mol. The van der Waals surface area contributed by atoms with E-state index in [9.17, 15) is 9.59 Å². The Morgan fingerprint density at radius 1 is 1.03 bits per heavy atom. The highest BCUT2D eigenvalue weighted by atomic mass is 16.6. The number of fused-ring (bicyclic) bond motifs is 4. The molecular weight excluding hydrogens is 490 g/mol. The molecule has 0 spiro atoms. The first kappa shape index (κ1) is 26.2. The lowest BCUT2D eigenvalue weighted by atomic mass is 9.90. The molecule has 4 aliphatic rings. The zero-order valence-electron chi connectivity index (χ0n) is 23.4. The molecule has 2 aromatic rings. The van der Waals surface area contributed by atoms with E-state index in [1.165, 1.54) is 11.1 Å². The van der Waals surface area contributed by atoms with E-state index in [1.54, 1.807) is 4.90 Å². The normalized spacial score (nSPS) is 26.0. The lowest BCUT2D eigenvalue weighted by Gasteiger charge is -2.41. The third-order valence-corrected chi connectivity index (χ3v) is 8.87. The minimum absolute atomic E-state index is 0.0520. The maximum atomic E-state index is 13.8. The van der Waals surface area contributed by atoms with E-state index < -0.39 is 17.7 Å². The molecule has 3 atom stereocenters. The molecule has 7 heteroatoms. The van der Waals surface area contributed by atoms with Crippen molar-refractivity contribution in [2.45, 2.75) is 77.1 Å². The summed E-state index contributed by atoms with van der Waals surface area (Å²) in [6.07, 6.45) is 4.40. The molecule has 6 rings (SSSR count). The van der Waals surface area contributed by atoms with Crippen molar-refractivity contribution in [3.05, 3.63) is 64.7 Å². The number of hydrogen-bond donors (Lipinski definition) is 1. The van der Waals surface area contributed by atoms with Gasteiger partial charge in [0, 0.05) is 38.5 Å². The second kappa shape index (κ2) is 10.5. The average Bonchev–Trinajstić information content (AvgIpc) is 3.45. The van der Waals surface area contributed by atoms with Gasteiger partial charge in [-0.25, -0.2) is 4.79 Å². The van der Waals surface area contributed by atoms with Gasteiger partial charge in [-0.2, -0.15) is 0 Å². The number of hydrogen-bond acceptors (Lipinski definition) is 5. The molecule has 1 saturated carbocycles. The second-order valence-corrected chi connectivity index (χ2v) is 12.8. The maximum Gasteiger partial charge on any atom is 0.411 e. The fourth-order valence-electron chi connectivity index (χ4n) is 6.92. The summed E-state index contributed by atoms with van der Waals surface area (Å²) >= 11 is 0. The summed E-state index contributed by atoms with van der Waals surface area (Å²) in [6.45, 7) is 9.81. The number of amides is 2. The van der Waals surface area contributed by atoms with Gasteiger partial charge in [0.2, 0.25) is 5.91 Å². The van der Waals surface area contributed by atoms with Crippen molar-refractivity contribution in [2.24, 2.45) is 11.8 Å². The minimum atomic E-state index is -0.617. The number of ether oxygens (including phenoxy) is 2. The zero-order chi connectivity index (χ0) is 27.1. The molecule has 7 nitrogen and oxygen atoms in total. The van der Waals surface area contributed by atoms with Crippen LogP contribution in [0.5, 0.6) is 5.75 Å². The molecule has 2 amide bonds. The Balaban J connectivity index is 1.09. The van der Waals surface area contributed by atoms with Crippen molar-refractivity contribution in [1.82, 2.24) is 15.1 Å². The second-order valence-electron chi connectivity index (χ2n) is 12.8. The van der Waals surface area contributed by atoms with Gasteiger partial charge in [0.05, 0.1) is 13.2 Å². The molecule has 1 aliphatic carbocycles. The van der Waals surface area contributed by atoms with Gasteiger partial charge in [-0.1, -0.05) is 36.4 Å². The van der Waals surface area contributed by atoms with E-state index in [2.05, 4.69) is 34.5 Å². The topological polar surface area (TPSA) is 71.1 Å². The van der Waals surface area contributed by atoms with Gasteiger partial charge in [-0.15, -0.1) is 0 Å². The van der Waals surface area contributed by atoms with Gasteiger partial charge in [0.1, 0.15) is 17.4 Å². The first-order valence-corrected chi connectivity index (χ1v) is 14.6. The van der Waals surface area contributed by atoms with E-state index >= 15 is 0 Å². The maximum absolute atomic E-state index is 13.8. The molecule has 0 aromatic heterocycles. The number of carbonyl (C=O) groups excluding carboxylic acids is 2. The first-order valence-electron chi connectivity index (χ1n) is 14.6. The van der Waals surface area contributed by atoms with E-state index in [4.69, 9.17) is 9.47 Å². The monoisotopic (exact) mass is 531 g/mol. The van der Waals surface area contributed by atoms with Crippen LogP contribution in [0, 0.1) is 11.8 Å². The van der Waals surface area contributed by atoms with Crippen molar-refractivity contribution in [3.63, 3.8) is 0 Å². The number of nitrogens with one attached hydrogen (secondary N) is 1. The molecule has 3 unspecified atom stereocenters. The van der Waals surface area contributed by atoms with E-state index in [0.717, 1.165) is 68.8 Å². The fourth-order valence-corrected chi connectivity index (χ4v) is 6.92. The van der Waals surface area contributed by atoms with Crippen LogP contribution in [0.25, 0.3) is 0 Å². The van der Waals surface area contributed by atoms with Crippen LogP contribution in [0.3, 0.4) is 0 Å². The Kier molecular flexibility index (Phi) is 7.04. The molecule has 3 heterocycles. The number of rotatable bonds is 5. The Hall–Kier alpha value is -3.06. The van der Waals surface area contributed by atoms with Gasteiger partial charge in [-0.05, 0) is 80.2 Å². The largest absolute Gasteiger partial charge is 0.493 e. The van der Waals surface area contributed by atoms with Crippen molar-refractivity contribution >= 4 is 12.0 Å². The minimum Gasteiger partial charge on any atom is -0.493 e. The van der Waals surface area contributed by atoms with Crippen LogP contribution in [0.1, 0.15) is 55.9 Å². The summed E-state index contributed by atoms with van der Waals surface area (Å²) in [4.78, 5) is 31.1. The molecule has 208 valence electrons. The quantitative estimate of drug-likeness (QED) is 0.621. The third kappa shape index (κ3) is 5.65. The standard InChI is InChI=1S/C32H41N3O4/c1-32(2,3)39-31(37)35-20-24-7-5-4-6-23(24)17-27(35)30(36)33-29-25-10-11-26(29)19-34(18-25)14-12-21-8-9-22-13-15-38-28(22)16-21/h4-9,16,25-27,29H,10-15,17-20H2,1-3H3,(H,33,36). The molecule has 1 saturated heterocycles. The molecule has 2 aromatic carbocycles. The molecule has 2 fully saturated rings. The highest BCUT2D eigenvalue weighted by Crippen LogP contribution is 2.37. The van der Waals surface area contributed by atoms with Gasteiger partial charge < -0.3 is 19.7 Å². The van der Waals surface area contributed by atoms with Gasteiger partial charge in [0.25, 0.3) is 0 Å². The summed E-state index contributed by atoms with van der Waals surface area (Å²) in [7, 11) is 0. The lowest BCUT2D eigenvalue weighted by Crippen LogP contribution is -2.59. The van der Waals surface area contributed by atoms with E-state index in [-0.39, 0.29) is 11.9 Å². The molecule has 39 heavy (non-hydrogen) atoms. The Morgan fingerprint density at radius 2 is 1.77 bits per heavy atom. The smallest absolute Gasteiger partial charge is 0.411 e. The van der Waals surface area contributed by atoms with Crippen LogP contribution >= 0.6 is 0 Å². The van der Waals surface area contributed by atoms with Crippen LogP contribution in [0.4, 0.5) is 4.79 Å². The van der Waals surface area contributed by atoms with Gasteiger partial charge >= 0.3 is 6.09 Å². The van der Waals surface area contributed by atoms with Crippen molar-refractivity contribution in [1.29, 1.82) is 0 Å². The summed E-state index contributed by atoms with van der Waals surface area (Å²) in [5.74, 6) is 1.90. The first-order chi connectivity index (χ1) is 18.7. The van der Waals surface area contributed by atoms with Gasteiger partial charge in [0.15, 0.2) is 0 Å². The van der Waals surface area contributed by atoms with Crippen LogP contribution in [-0.4, -0.2) is 65.7 Å². The number of piperidine rings is 1. The van der Waals surface area contributed by atoms with Crippen LogP contribution in [-0.2, 0) is 35.3 Å². The summed E-state index contributed by atoms with van der Waals surface area (Å²) in [5, 5.41) is 3.42. The summed E-state index contributed by atoms with van der Waals surface area (Å²) in [6, 6.07) is 14.4.